The Bertz CT molecular complexity index is 431. The van der Waals surface area contributed by atoms with Crippen LogP contribution >= 0.6 is 0 Å². The van der Waals surface area contributed by atoms with Crippen LogP contribution in [0.2, 0.25) is 0 Å². The number of urea groups is 1. The van der Waals surface area contributed by atoms with Crippen LogP contribution in [0.25, 0.3) is 0 Å². The fourth-order valence-corrected chi connectivity index (χ4v) is 4.44. The number of carbonyl (C=O) groups is 2. The maximum absolute atomic E-state index is 13.0. The Hall–Kier alpha value is -1.10. The van der Waals surface area contributed by atoms with E-state index in [2.05, 4.69) is 12.2 Å². The zero-order valence-electron chi connectivity index (χ0n) is 12.9. The maximum atomic E-state index is 13.0. The number of nitrogens with zero attached hydrogens (tertiary/aromatic N) is 1. The van der Waals surface area contributed by atoms with Crippen molar-refractivity contribution in [3.63, 3.8) is 0 Å². The van der Waals surface area contributed by atoms with Crippen LogP contribution in [0.4, 0.5) is 4.79 Å². The maximum Gasteiger partial charge on any atom is 0.325 e. The van der Waals surface area contributed by atoms with Crippen molar-refractivity contribution in [1.29, 1.82) is 0 Å². The summed E-state index contributed by atoms with van der Waals surface area (Å²) in [5.41, 5.74) is 5.30. The Balaban J connectivity index is 1.83. The summed E-state index contributed by atoms with van der Waals surface area (Å²) in [6.45, 7) is 2.76. The number of amides is 3. The van der Waals surface area contributed by atoms with Crippen LogP contribution in [0.3, 0.4) is 0 Å². The van der Waals surface area contributed by atoms with Gasteiger partial charge in [0, 0.05) is 6.04 Å². The molecule has 3 fully saturated rings. The molecule has 118 valence electrons. The Morgan fingerprint density at radius 3 is 2.62 bits per heavy atom. The summed E-state index contributed by atoms with van der Waals surface area (Å²) in [6, 6.07) is -0.188. The Labute approximate surface area is 126 Å². The minimum atomic E-state index is -0.602. The highest BCUT2D eigenvalue weighted by atomic mass is 16.2. The molecule has 1 saturated heterocycles. The predicted molar refractivity (Wildman–Crippen MR) is 80.5 cm³/mol. The van der Waals surface area contributed by atoms with Crippen molar-refractivity contribution < 1.29 is 9.59 Å². The van der Waals surface area contributed by atoms with E-state index in [0.29, 0.717) is 12.5 Å². The second kappa shape index (κ2) is 5.59. The molecule has 3 rings (SSSR count). The fraction of sp³-hybridized carbons (Fsp3) is 0.875. The van der Waals surface area contributed by atoms with Gasteiger partial charge in [0.25, 0.3) is 5.91 Å². The van der Waals surface area contributed by atoms with Gasteiger partial charge in [0.15, 0.2) is 0 Å². The van der Waals surface area contributed by atoms with Crippen LogP contribution in [-0.4, -0.2) is 35.0 Å². The van der Waals surface area contributed by atoms with Gasteiger partial charge in [-0.3, -0.25) is 9.69 Å². The summed E-state index contributed by atoms with van der Waals surface area (Å²) in [5.74, 6) is 0.834. The molecular weight excluding hydrogens is 266 g/mol. The van der Waals surface area contributed by atoms with Crippen molar-refractivity contribution >= 4 is 11.9 Å². The summed E-state index contributed by atoms with van der Waals surface area (Å²) in [5, 5.41) is 3.02. The molecule has 0 aromatic heterocycles. The van der Waals surface area contributed by atoms with Crippen molar-refractivity contribution in [3.05, 3.63) is 0 Å². The molecule has 2 aliphatic carbocycles. The second-order valence-corrected chi connectivity index (χ2v) is 7.23. The molecule has 1 heterocycles. The molecule has 1 spiro atoms. The molecular formula is C16H27N3O2. The molecule has 3 N–H and O–H groups in total. The SMILES string of the molecule is CC1CCC(CN)C(N2C(=O)NC3(CCCCC3)C2=O)C1. The van der Waals surface area contributed by atoms with Crippen LogP contribution in [0.1, 0.15) is 58.3 Å². The first kappa shape index (κ1) is 14.8. The number of carbonyl (C=O) groups excluding carboxylic acids is 2. The molecule has 0 aromatic carbocycles. The summed E-state index contributed by atoms with van der Waals surface area (Å²) < 4.78 is 0. The molecule has 3 amide bonds. The smallest absolute Gasteiger partial charge is 0.325 e. The van der Waals surface area contributed by atoms with Crippen LogP contribution in [0, 0.1) is 11.8 Å². The van der Waals surface area contributed by atoms with Gasteiger partial charge in [0.2, 0.25) is 0 Å². The minimum absolute atomic E-state index is 0.00690. The third-order valence-corrected chi connectivity index (χ3v) is 5.75. The van der Waals surface area contributed by atoms with E-state index in [1.807, 2.05) is 0 Å². The highest BCUT2D eigenvalue weighted by Crippen LogP contribution is 2.39. The highest BCUT2D eigenvalue weighted by molar-refractivity contribution is 6.07. The normalized spacial score (nSPS) is 36.1. The third-order valence-electron chi connectivity index (χ3n) is 5.75. The number of rotatable bonds is 2. The molecule has 0 aromatic rings. The van der Waals surface area contributed by atoms with Gasteiger partial charge in [-0.2, -0.15) is 0 Å². The first-order valence-corrected chi connectivity index (χ1v) is 8.43. The molecule has 5 heteroatoms. The summed E-state index contributed by atoms with van der Waals surface area (Å²) in [6.07, 6.45) is 7.88. The summed E-state index contributed by atoms with van der Waals surface area (Å²) in [7, 11) is 0. The first-order valence-electron chi connectivity index (χ1n) is 8.43. The second-order valence-electron chi connectivity index (χ2n) is 7.23. The van der Waals surface area contributed by atoms with E-state index >= 15 is 0 Å². The van der Waals surface area contributed by atoms with E-state index in [0.717, 1.165) is 51.4 Å². The summed E-state index contributed by atoms with van der Waals surface area (Å²) in [4.78, 5) is 27.0. The number of nitrogens with two attached hydrogens (primary N) is 1. The van der Waals surface area contributed by atoms with Gasteiger partial charge < -0.3 is 11.1 Å². The van der Waals surface area contributed by atoms with E-state index in [9.17, 15) is 9.59 Å². The molecule has 21 heavy (non-hydrogen) atoms. The largest absolute Gasteiger partial charge is 0.330 e. The van der Waals surface area contributed by atoms with Gasteiger partial charge in [-0.1, -0.05) is 32.6 Å². The van der Waals surface area contributed by atoms with E-state index in [-0.39, 0.29) is 23.9 Å². The van der Waals surface area contributed by atoms with E-state index in [4.69, 9.17) is 5.73 Å². The minimum Gasteiger partial charge on any atom is -0.330 e. The van der Waals surface area contributed by atoms with E-state index in [1.54, 1.807) is 4.90 Å². The van der Waals surface area contributed by atoms with E-state index in [1.165, 1.54) is 0 Å². The summed E-state index contributed by atoms with van der Waals surface area (Å²) >= 11 is 0. The standard InChI is InChI=1S/C16H27N3O2/c1-11-5-6-12(10-17)13(9-11)19-14(20)16(18-15(19)21)7-3-2-4-8-16/h11-13H,2-10,17H2,1H3,(H,18,21). The fourth-order valence-electron chi connectivity index (χ4n) is 4.44. The quantitative estimate of drug-likeness (QED) is 0.765. The number of hydrogen-bond donors (Lipinski definition) is 2. The lowest BCUT2D eigenvalue weighted by Gasteiger charge is -2.39. The first-order chi connectivity index (χ1) is 10.1. The molecule has 5 nitrogen and oxygen atoms in total. The molecule has 3 aliphatic rings. The van der Waals surface area contributed by atoms with Gasteiger partial charge in [-0.25, -0.2) is 4.79 Å². The Morgan fingerprint density at radius 2 is 1.95 bits per heavy atom. The van der Waals surface area contributed by atoms with Crippen molar-refractivity contribution in [2.45, 2.75) is 69.9 Å². The van der Waals surface area contributed by atoms with Gasteiger partial charge >= 0.3 is 6.03 Å². The van der Waals surface area contributed by atoms with Crippen molar-refractivity contribution in [2.24, 2.45) is 17.6 Å². The molecule has 3 unspecified atom stereocenters. The molecule has 1 aliphatic heterocycles. The molecule has 3 atom stereocenters. The van der Waals surface area contributed by atoms with Crippen LogP contribution in [-0.2, 0) is 4.79 Å². The third kappa shape index (κ3) is 2.45. The zero-order chi connectivity index (χ0) is 15.0. The van der Waals surface area contributed by atoms with Crippen LogP contribution < -0.4 is 11.1 Å². The van der Waals surface area contributed by atoms with Crippen molar-refractivity contribution in [3.8, 4) is 0 Å². The average molecular weight is 293 g/mol. The lowest BCUT2D eigenvalue weighted by Crippen LogP contribution is -2.52. The van der Waals surface area contributed by atoms with Crippen LogP contribution in [0.15, 0.2) is 0 Å². The number of hydrogen-bond acceptors (Lipinski definition) is 3. The molecule has 0 bridgehead atoms. The average Bonchev–Trinajstić information content (AvgIpc) is 2.70. The van der Waals surface area contributed by atoms with Gasteiger partial charge in [0.1, 0.15) is 5.54 Å². The van der Waals surface area contributed by atoms with Gasteiger partial charge in [-0.05, 0) is 44.1 Å². The predicted octanol–water partition coefficient (Wildman–Crippen LogP) is 2.00. The van der Waals surface area contributed by atoms with E-state index < -0.39 is 5.54 Å². The Morgan fingerprint density at radius 1 is 1.24 bits per heavy atom. The Kier molecular flexibility index (Phi) is 3.95. The molecule has 0 radical (unpaired) electrons. The highest BCUT2D eigenvalue weighted by Gasteiger charge is 2.54. The lowest BCUT2D eigenvalue weighted by atomic mass is 9.77. The number of nitrogens with one attached hydrogen (secondary N) is 1. The monoisotopic (exact) mass is 293 g/mol. The lowest BCUT2D eigenvalue weighted by molar-refractivity contribution is -0.135. The topological polar surface area (TPSA) is 75.4 Å². The van der Waals surface area contributed by atoms with Gasteiger partial charge in [-0.15, -0.1) is 0 Å². The van der Waals surface area contributed by atoms with Crippen LogP contribution in [0.5, 0.6) is 0 Å². The number of imide groups is 1. The van der Waals surface area contributed by atoms with Crippen molar-refractivity contribution in [1.82, 2.24) is 10.2 Å². The van der Waals surface area contributed by atoms with Crippen molar-refractivity contribution in [2.75, 3.05) is 6.54 Å². The zero-order valence-corrected chi connectivity index (χ0v) is 12.9. The van der Waals surface area contributed by atoms with Gasteiger partial charge in [0.05, 0.1) is 0 Å². The molecule has 2 saturated carbocycles.